The number of halogens is 1. The number of nitrogens with zero attached hydrogens (tertiary/aromatic N) is 2. The molecule has 0 radical (unpaired) electrons. The van der Waals surface area contributed by atoms with E-state index in [9.17, 15) is 17.6 Å². The van der Waals surface area contributed by atoms with Crippen molar-refractivity contribution in [1.82, 2.24) is 8.96 Å². The SMILES string of the molecule is CC(=O)c1ccc(/C(=C\C2CCCC2)c2cc3cc(F)cnc3n2S(=O)(=O)c2ccccc2)cc1. The molecule has 1 fully saturated rings. The van der Waals surface area contributed by atoms with Crippen molar-refractivity contribution in [3.8, 4) is 0 Å². The van der Waals surface area contributed by atoms with Crippen molar-refractivity contribution >= 4 is 32.4 Å². The van der Waals surface area contributed by atoms with Crippen LogP contribution in [-0.4, -0.2) is 23.2 Å². The molecule has 0 spiro atoms. The molecule has 1 aliphatic carbocycles. The van der Waals surface area contributed by atoms with Gasteiger partial charge in [-0.05, 0) is 55.5 Å². The quantitative estimate of drug-likeness (QED) is 0.301. The Bertz CT molecular complexity index is 1530. The molecule has 7 heteroatoms. The highest BCUT2D eigenvalue weighted by Crippen LogP contribution is 2.36. The van der Waals surface area contributed by atoms with Gasteiger partial charge in [-0.15, -0.1) is 0 Å². The van der Waals surface area contributed by atoms with Crippen LogP contribution >= 0.6 is 0 Å². The average Bonchev–Trinajstić information content (AvgIpc) is 3.50. The number of rotatable bonds is 6. The first-order valence-electron chi connectivity index (χ1n) is 11.7. The van der Waals surface area contributed by atoms with Crippen molar-refractivity contribution in [2.24, 2.45) is 5.92 Å². The summed E-state index contributed by atoms with van der Waals surface area (Å²) in [6, 6.07) is 18.3. The van der Waals surface area contributed by atoms with Gasteiger partial charge in [0.15, 0.2) is 11.4 Å². The number of aromatic nitrogens is 2. The van der Waals surface area contributed by atoms with Gasteiger partial charge in [-0.3, -0.25) is 4.79 Å². The van der Waals surface area contributed by atoms with Gasteiger partial charge in [0.2, 0.25) is 0 Å². The Labute approximate surface area is 204 Å². The molecular formula is C28H25FN2O3S. The zero-order valence-corrected chi connectivity index (χ0v) is 20.1. The highest BCUT2D eigenvalue weighted by molar-refractivity contribution is 7.90. The van der Waals surface area contributed by atoms with E-state index in [1.807, 2.05) is 12.1 Å². The summed E-state index contributed by atoms with van der Waals surface area (Å²) < 4.78 is 43.1. The van der Waals surface area contributed by atoms with E-state index < -0.39 is 15.8 Å². The van der Waals surface area contributed by atoms with Crippen molar-refractivity contribution in [3.63, 3.8) is 0 Å². The summed E-state index contributed by atoms with van der Waals surface area (Å²) in [6.45, 7) is 1.51. The first kappa shape index (κ1) is 23.2. The fourth-order valence-corrected chi connectivity index (χ4v) is 6.25. The minimum absolute atomic E-state index is 0.0432. The zero-order chi connectivity index (χ0) is 24.6. The van der Waals surface area contributed by atoms with E-state index in [4.69, 9.17) is 0 Å². The van der Waals surface area contributed by atoms with Crippen molar-refractivity contribution in [3.05, 3.63) is 102 Å². The summed E-state index contributed by atoms with van der Waals surface area (Å²) in [4.78, 5) is 16.1. The van der Waals surface area contributed by atoms with Crippen LogP contribution in [0, 0.1) is 11.7 Å². The van der Waals surface area contributed by atoms with Crippen molar-refractivity contribution in [1.29, 1.82) is 0 Å². The lowest BCUT2D eigenvalue weighted by molar-refractivity contribution is 0.101. The Morgan fingerprint density at radius 1 is 1.00 bits per heavy atom. The third-order valence-corrected chi connectivity index (χ3v) is 8.25. The summed E-state index contributed by atoms with van der Waals surface area (Å²) in [6.07, 6.45) is 7.44. The molecule has 0 aliphatic heterocycles. The molecule has 1 saturated carbocycles. The van der Waals surface area contributed by atoms with Crippen LogP contribution < -0.4 is 0 Å². The van der Waals surface area contributed by atoms with E-state index in [0.29, 0.717) is 22.6 Å². The van der Waals surface area contributed by atoms with Crippen LogP contribution in [0.1, 0.15) is 54.2 Å². The number of hydrogen-bond donors (Lipinski definition) is 0. The molecule has 1 aliphatic rings. The molecule has 5 nitrogen and oxygen atoms in total. The van der Waals surface area contributed by atoms with Crippen molar-refractivity contribution in [2.75, 3.05) is 0 Å². The number of ketones is 1. The van der Waals surface area contributed by atoms with Gasteiger partial charge in [0.25, 0.3) is 10.0 Å². The van der Waals surface area contributed by atoms with Crippen LogP contribution in [0.5, 0.6) is 0 Å². The Morgan fingerprint density at radius 2 is 1.66 bits per heavy atom. The summed E-state index contributed by atoms with van der Waals surface area (Å²) in [5.41, 5.74) is 2.68. The lowest BCUT2D eigenvalue weighted by Crippen LogP contribution is -2.16. The first-order valence-corrected chi connectivity index (χ1v) is 13.1. The van der Waals surface area contributed by atoms with E-state index in [1.165, 1.54) is 29.1 Å². The summed E-state index contributed by atoms with van der Waals surface area (Å²) >= 11 is 0. The smallest absolute Gasteiger partial charge is 0.269 e. The summed E-state index contributed by atoms with van der Waals surface area (Å²) in [5.74, 6) is -0.281. The van der Waals surface area contributed by atoms with Crippen molar-refractivity contribution in [2.45, 2.75) is 37.5 Å². The first-order chi connectivity index (χ1) is 16.8. The summed E-state index contributed by atoms with van der Waals surface area (Å²) in [7, 11) is -4.04. The largest absolute Gasteiger partial charge is 0.295 e. The van der Waals surface area contributed by atoms with Crippen LogP contribution in [-0.2, 0) is 10.0 Å². The number of Topliss-reactive ketones (excluding diaryl/α,β-unsaturated/α-hetero) is 1. The summed E-state index contributed by atoms with van der Waals surface area (Å²) in [5, 5.41) is 0.400. The van der Waals surface area contributed by atoms with Gasteiger partial charge in [-0.2, -0.15) is 0 Å². The van der Waals surface area contributed by atoms with Gasteiger partial charge in [0.1, 0.15) is 5.82 Å². The van der Waals surface area contributed by atoms with Gasteiger partial charge in [0, 0.05) is 16.5 Å². The molecule has 178 valence electrons. The van der Waals surface area contributed by atoms with Gasteiger partial charge < -0.3 is 0 Å². The van der Waals surface area contributed by atoms with E-state index in [2.05, 4.69) is 11.1 Å². The van der Waals surface area contributed by atoms with E-state index in [0.717, 1.165) is 43.0 Å². The Morgan fingerprint density at radius 3 is 2.31 bits per heavy atom. The third kappa shape index (κ3) is 4.44. The molecule has 2 aromatic heterocycles. The third-order valence-electron chi connectivity index (χ3n) is 6.53. The van der Waals surface area contributed by atoms with E-state index >= 15 is 0 Å². The highest BCUT2D eigenvalue weighted by atomic mass is 32.2. The predicted octanol–water partition coefficient (Wildman–Crippen LogP) is 6.24. The Kier molecular flexibility index (Phi) is 6.11. The normalized spacial score (nSPS) is 15.1. The number of allylic oxidation sites excluding steroid dienone is 1. The molecule has 5 rings (SSSR count). The maximum Gasteiger partial charge on any atom is 0.269 e. The van der Waals surface area contributed by atoms with Gasteiger partial charge in [-0.25, -0.2) is 21.8 Å². The minimum Gasteiger partial charge on any atom is -0.295 e. The lowest BCUT2D eigenvalue weighted by atomic mass is 9.95. The Hall–Kier alpha value is -3.58. The maximum absolute atomic E-state index is 14.1. The zero-order valence-electron chi connectivity index (χ0n) is 19.3. The fraction of sp³-hybridized carbons (Fsp3) is 0.214. The molecular weight excluding hydrogens is 463 g/mol. The van der Waals surface area contributed by atoms with Crippen molar-refractivity contribution < 1.29 is 17.6 Å². The second-order valence-electron chi connectivity index (χ2n) is 8.94. The number of carbonyl (C=O) groups excluding carboxylic acids is 1. The maximum atomic E-state index is 14.1. The molecule has 0 amide bonds. The number of fused-ring (bicyclic) bond motifs is 1. The molecule has 2 aromatic carbocycles. The Balaban J connectivity index is 1.79. The predicted molar refractivity (Wildman–Crippen MR) is 134 cm³/mol. The van der Waals surface area contributed by atoms with Gasteiger partial charge in [0.05, 0.1) is 16.8 Å². The molecule has 4 aromatic rings. The fourth-order valence-electron chi connectivity index (χ4n) is 4.75. The molecule has 0 bridgehead atoms. The second-order valence-corrected chi connectivity index (χ2v) is 10.7. The average molecular weight is 489 g/mol. The second kappa shape index (κ2) is 9.23. The van der Waals surface area contributed by atoms with Crippen LogP contribution in [0.3, 0.4) is 0 Å². The number of hydrogen-bond acceptors (Lipinski definition) is 4. The highest BCUT2D eigenvalue weighted by Gasteiger charge is 2.27. The molecule has 0 unspecified atom stereocenters. The standard InChI is InChI=1S/C28H25FN2O3S/c1-19(32)21-11-13-22(14-12-21)26(15-20-7-5-6-8-20)27-17-23-16-24(29)18-30-28(23)31(27)35(33,34)25-9-3-2-4-10-25/h2-4,9-18,20H,5-8H2,1H3/b26-15+. The van der Waals surface area contributed by atoms with Crippen LogP contribution in [0.25, 0.3) is 16.6 Å². The van der Waals surface area contributed by atoms with Gasteiger partial charge in [-0.1, -0.05) is 61.4 Å². The molecule has 0 N–H and O–H groups in total. The molecule has 35 heavy (non-hydrogen) atoms. The molecule has 0 atom stereocenters. The van der Waals surface area contributed by atoms with Crippen LogP contribution in [0.15, 0.2) is 83.9 Å². The van der Waals surface area contributed by atoms with Crippen LogP contribution in [0.4, 0.5) is 4.39 Å². The monoisotopic (exact) mass is 488 g/mol. The molecule has 2 heterocycles. The van der Waals surface area contributed by atoms with Crippen LogP contribution in [0.2, 0.25) is 0 Å². The lowest BCUT2D eigenvalue weighted by Gasteiger charge is -2.16. The van der Waals surface area contributed by atoms with Gasteiger partial charge >= 0.3 is 0 Å². The number of benzene rings is 2. The van der Waals surface area contributed by atoms with E-state index in [-0.39, 0.29) is 16.3 Å². The topological polar surface area (TPSA) is 69.0 Å². The number of pyridine rings is 1. The number of carbonyl (C=O) groups is 1. The van der Waals surface area contributed by atoms with E-state index in [1.54, 1.807) is 36.4 Å². The minimum atomic E-state index is -4.04. The molecule has 0 saturated heterocycles.